The predicted molar refractivity (Wildman–Crippen MR) is 70.3 cm³/mol. The lowest BCUT2D eigenvalue weighted by Gasteiger charge is -2.33. The Hall–Kier alpha value is -0.860. The van der Waals surface area contributed by atoms with Crippen LogP contribution in [0.3, 0.4) is 0 Å². The van der Waals surface area contributed by atoms with E-state index in [0.717, 1.165) is 0 Å². The first-order valence-corrected chi connectivity index (χ1v) is 5.96. The maximum absolute atomic E-state index is 5.82. The first kappa shape index (κ1) is 13.2. The summed E-state index contributed by atoms with van der Waals surface area (Å²) in [5.74, 6) is 0. The fourth-order valence-electron chi connectivity index (χ4n) is 1.81. The van der Waals surface area contributed by atoms with Gasteiger partial charge in [-0.2, -0.15) is 0 Å². The van der Waals surface area contributed by atoms with Crippen molar-refractivity contribution in [1.29, 1.82) is 0 Å². The fraction of sp³-hybridized carbons (Fsp3) is 0.571. The Kier molecular flexibility index (Phi) is 4.51. The number of benzene rings is 1. The lowest BCUT2D eigenvalue weighted by Crippen LogP contribution is -2.46. The third-order valence-electron chi connectivity index (χ3n) is 3.03. The summed E-state index contributed by atoms with van der Waals surface area (Å²) in [6.07, 6.45) is 0. The highest BCUT2D eigenvalue weighted by Crippen LogP contribution is 2.22. The molecule has 0 heterocycles. The Balaban J connectivity index is 2.67. The monoisotopic (exact) mass is 220 g/mol. The minimum Gasteiger partial charge on any atom is -0.329 e. The number of hydrogen-bond acceptors (Lipinski definition) is 2. The number of hydrogen-bond donors (Lipinski definition) is 2. The minimum absolute atomic E-state index is 0.192. The summed E-state index contributed by atoms with van der Waals surface area (Å²) in [6, 6.07) is 11.2. The van der Waals surface area contributed by atoms with E-state index in [1.54, 1.807) is 0 Å². The summed E-state index contributed by atoms with van der Waals surface area (Å²) >= 11 is 0. The highest BCUT2D eigenvalue weighted by Gasteiger charge is 2.24. The molecule has 2 atom stereocenters. The fourth-order valence-corrected chi connectivity index (χ4v) is 1.81. The standard InChI is InChI=1S/C14H24N2/c1-11(12-8-6-5-7-9-12)16-13(10-15)14(2,3)4/h5-9,11,13,16H,10,15H2,1-4H3. The zero-order valence-electron chi connectivity index (χ0n) is 10.8. The van der Waals surface area contributed by atoms with E-state index in [-0.39, 0.29) is 5.41 Å². The summed E-state index contributed by atoms with van der Waals surface area (Å²) in [5.41, 5.74) is 7.33. The van der Waals surface area contributed by atoms with Crippen LogP contribution in [0.1, 0.15) is 39.3 Å². The van der Waals surface area contributed by atoms with Crippen LogP contribution in [-0.4, -0.2) is 12.6 Å². The smallest absolute Gasteiger partial charge is 0.0295 e. The van der Waals surface area contributed by atoms with Gasteiger partial charge in [-0.05, 0) is 17.9 Å². The number of nitrogens with one attached hydrogen (secondary N) is 1. The average Bonchev–Trinajstić information content (AvgIpc) is 2.25. The molecule has 0 bridgehead atoms. The van der Waals surface area contributed by atoms with Crippen molar-refractivity contribution in [2.75, 3.05) is 6.54 Å². The van der Waals surface area contributed by atoms with Crippen molar-refractivity contribution >= 4 is 0 Å². The van der Waals surface area contributed by atoms with Gasteiger partial charge < -0.3 is 11.1 Å². The Morgan fingerprint density at radius 1 is 1.19 bits per heavy atom. The van der Waals surface area contributed by atoms with Gasteiger partial charge in [0.05, 0.1) is 0 Å². The van der Waals surface area contributed by atoms with Crippen molar-refractivity contribution in [2.24, 2.45) is 11.1 Å². The quantitative estimate of drug-likeness (QED) is 0.818. The Morgan fingerprint density at radius 3 is 2.19 bits per heavy atom. The molecule has 0 amide bonds. The molecular formula is C14H24N2. The van der Waals surface area contributed by atoms with Crippen LogP contribution in [0.5, 0.6) is 0 Å². The maximum atomic E-state index is 5.82. The van der Waals surface area contributed by atoms with E-state index in [9.17, 15) is 0 Å². The summed E-state index contributed by atoms with van der Waals surface area (Å²) in [7, 11) is 0. The van der Waals surface area contributed by atoms with Crippen LogP contribution in [0.25, 0.3) is 0 Å². The van der Waals surface area contributed by atoms with E-state index in [1.165, 1.54) is 5.56 Å². The molecular weight excluding hydrogens is 196 g/mol. The average molecular weight is 220 g/mol. The minimum atomic E-state index is 0.192. The third-order valence-corrected chi connectivity index (χ3v) is 3.03. The normalized spacial score (nSPS) is 15.8. The molecule has 1 aromatic rings. The van der Waals surface area contributed by atoms with E-state index < -0.39 is 0 Å². The number of nitrogens with two attached hydrogens (primary N) is 1. The highest BCUT2D eigenvalue weighted by atomic mass is 15.0. The maximum Gasteiger partial charge on any atom is 0.0295 e. The second-order valence-corrected chi connectivity index (χ2v) is 5.45. The van der Waals surface area contributed by atoms with Crippen molar-refractivity contribution in [3.8, 4) is 0 Å². The van der Waals surface area contributed by atoms with Crippen LogP contribution >= 0.6 is 0 Å². The van der Waals surface area contributed by atoms with Gasteiger partial charge in [0.2, 0.25) is 0 Å². The molecule has 0 aliphatic carbocycles. The van der Waals surface area contributed by atoms with Gasteiger partial charge in [0.1, 0.15) is 0 Å². The highest BCUT2D eigenvalue weighted by molar-refractivity contribution is 5.18. The van der Waals surface area contributed by atoms with E-state index in [4.69, 9.17) is 5.73 Å². The van der Waals surface area contributed by atoms with E-state index in [2.05, 4.69) is 57.3 Å². The molecule has 2 unspecified atom stereocenters. The van der Waals surface area contributed by atoms with Gasteiger partial charge in [-0.1, -0.05) is 51.1 Å². The van der Waals surface area contributed by atoms with Gasteiger partial charge in [-0.25, -0.2) is 0 Å². The van der Waals surface area contributed by atoms with Crippen LogP contribution in [0.4, 0.5) is 0 Å². The molecule has 1 aromatic carbocycles. The van der Waals surface area contributed by atoms with Crippen LogP contribution < -0.4 is 11.1 Å². The largest absolute Gasteiger partial charge is 0.329 e. The van der Waals surface area contributed by atoms with Crippen LogP contribution in [0, 0.1) is 5.41 Å². The molecule has 3 N–H and O–H groups in total. The number of rotatable bonds is 4. The van der Waals surface area contributed by atoms with Gasteiger partial charge in [0.15, 0.2) is 0 Å². The van der Waals surface area contributed by atoms with Gasteiger partial charge in [-0.15, -0.1) is 0 Å². The van der Waals surface area contributed by atoms with Crippen molar-refractivity contribution < 1.29 is 0 Å². The van der Waals surface area contributed by atoms with Crippen molar-refractivity contribution in [3.05, 3.63) is 35.9 Å². The predicted octanol–water partition coefficient (Wildman–Crippen LogP) is 2.71. The SMILES string of the molecule is CC(NC(CN)C(C)(C)C)c1ccccc1. The molecule has 0 aliphatic rings. The molecule has 0 radical (unpaired) electrons. The first-order chi connectivity index (χ1) is 7.45. The Morgan fingerprint density at radius 2 is 1.75 bits per heavy atom. The first-order valence-electron chi connectivity index (χ1n) is 5.96. The second kappa shape index (κ2) is 5.46. The molecule has 0 saturated heterocycles. The summed E-state index contributed by atoms with van der Waals surface area (Å²) in [6.45, 7) is 9.50. The van der Waals surface area contributed by atoms with Gasteiger partial charge in [-0.3, -0.25) is 0 Å². The molecule has 90 valence electrons. The topological polar surface area (TPSA) is 38.0 Å². The Labute approximate surface area is 99.2 Å². The lowest BCUT2D eigenvalue weighted by atomic mass is 9.86. The van der Waals surface area contributed by atoms with Gasteiger partial charge >= 0.3 is 0 Å². The molecule has 2 heteroatoms. The summed E-state index contributed by atoms with van der Waals surface area (Å²) < 4.78 is 0. The van der Waals surface area contributed by atoms with Gasteiger partial charge in [0, 0.05) is 18.6 Å². The van der Waals surface area contributed by atoms with Crippen LogP contribution in [-0.2, 0) is 0 Å². The van der Waals surface area contributed by atoms with Crippen molar-refractivity contribution in [1.82, 2.24) is 5.32 Å². The Bertz CT molecular complexity index is 300. The molecule has 1 rings (SSSR count). The van der Waals surface area contributed by atoms with Gasteiger partial charge in [0.25, 0.3) is 0 Å². The zero-order chi connectivity index (χ0) is 12.2. The zero-order valence-corrected chi connectivity index (χ0v) is 10.8. The lowest BCUT2D eigenvalue weighted by molar-refractivity contribution is 0.256. The molecule has 0 aromatic heterocycles. The molecule has 2 nitrogen and oxygen atoms in total. The summed E-state index contributed by atoms with van der Waals surface area (Å²) in [5, 5.41) is 3.60. The molecule has 16 heavy (non-hydrogen) atoms. The van der Waals surface area contributed by atoms with E-state index in [1.807, 2.05) is 6.07 Å². The molecule has 0 saturated carbocycles. The van der Waals surface area contributed by atoms with Crippen LogP contribution in [0.2, 0.25) is 0 Å². The molecule has 0 aliphatic heterocycles. The second-order valence-electron chi connectivity index (χ2n) is 5.45. The van der Waals surface area contributed by atoms with Crippen LogP contribution in [0.15, 0.2) is 30.3 Å². The van der Waals surface area contributed by atoms with Crippen molar-refractivity contribution in [3.63, 3.8) is 0 Å². The third kappa shape index (κ3) is 3.62. The van der Waals surface area contributed by atoms with E-state index >= 15 is 0 Å². The molecule has 0 spiro atoms. The van der Waals surface area contributed by atoms with E-state index in [0.29, 0.717) is 18.6 Å². The van der Waals surface area contributed by atoms with Crippen molar-refractivity contribution in [2.45, 2.75) is 39.8 Å². The molecule has 0 fully saturated rings. The summed E-state index contributed by atoms with van der Waals surface area (Å²) in [4.78, 5) is 0.